The number of allylic oxidation sites excluding steroid dienone is 1. The van der Waals surface area contributed by atoms with Crippen molar-refractivity contribution in [3.63, 3.8) is 0 Å². The fraction of sp³-hybridized carbons (Fsp3) is 0.750. The highest BCUT2D eigenvalue weighted by Gasteiger charge is 2.31. The van der Waals surface area contributed by atoms with E-state index in [2.05, 4.69) is 4.74 Å². The second-order valence-corrected chi connectivity index (χ2v) is 5.93. The lowest BCUT2D eigenvalue weighted by Crippen LogP contribution is -2.25. The maximum absolute atomic E-state index is 11.8. The van der Waals surface area contributed by atoms with Crippen molar-refractivity contribution in [2.45, 2.75) is 47.5 Å². The SMILES string of the molecule is CCCCOOC(=CC(=O)OCCOC(=O)O)C(C)(C)C(C)C. The molecule has 0 aliphatic heterocycles. The molecule has 0 aromatic rings. The van der Waals surface area contributed by atoms with Crippen LogP contribution in [0.15, 0.2) is 11.8 Å². The highest BCUT2D eigenvalue weighted by molar-refractivity contribution is 5.82. The summed E-state index contributed by atoms with van der Waals surface area (Å²) in [6.45, 7) is 9.99. The Kier molecular flexibility index (Phi) is 10.0. The molecule has 0 atom stereocenters. The van der Waals surface area contributed by atoms with Gasteiger partial charge in [0.15, 0.2) is 5.76 Å². The van der Waals surface area contributed by atoms with Gasteiger partial charge in [-0.1, -0.05) is 41.0 Å². The van der Waals surface area contributed by atoms with E-state index in [0.29, 0.717) is 12.4 Å². The van der Waals surface area contributed by atoms with Crippen LogP contribution in [-0.4, -0.2) is 37.1 Å². The van der Waals surface area contributed by atoms with Gasteiger partial charge in [-0.15, -0.1) is 0 Å². The Morgan fingerprint density at radius 1 is 1.13 bits per heavy atom. The highest BCUT2D eigenvalue weighted by atomic mass is 17.2. The second kappa shape index (κ2) is 10.9. The van der Waals surface area contributed by atoms with Gasteiger partial charge in [-0.05, 0) is 12.3 Å². The van der Waals surface area contributed by atoms with Gasteiger partial charge in [-0.2, -0.15) is 4.89 Å². The number of carbonyl (C=O) groups is 2. The van der Waals surface area contributed by atoms with E-state index >= 15 is 0 Å². The van der Waals surface area contributed by atoms with Crippen molar-refractivity contribution in [1.29, 1.82) is 0 Å². The highest BCUT2D eigenvalue weighted by Crippen LogP contribution is 2.35. The fourth-order valence-corrected chi connectivity index (χ4v) is 1.33. The molecule has 0 heterocycles. The molecule has 134 valence electrons. The molecule has 0 aliphatic carbocycles. The first kappa shape index (κ1) is 21.2. The van der Waals surface area contributed by atoms with Crippen molar-refractivity contribution in [1.82, 2.24) is 0 Å². The van der Waals surface area contributed by atoms with Crippen LogP contribution in [0.2, 0.25) is 0 Å². The Balaban J connectivity index is 4.69. The molecule has 0 bridgehead atoms. The predicted molar refractivity (Wildman–Crippen MR) is 83.6 cm³/mol. The molecule has 0 saturated heterocycles. The molecular formula is C16H28O7. The Morgan fingerprint density at radius 2 is 1.74 bits per heavy atom. The van der Waals surface area contributed by atoms with Gasteiger partial charge in [-0.3, -0.25) is 0 Å². The second-order valence-electron chi connectivity index (χ2n) is 5.93. The summed E-state index contributed by atoms with van der Waals surface area (Å²) in [5, 5.41) is 8.32. The van der Waals surface area contributed by atoms with Crippen molar-refractivity contribution in [2.75, 3.05) is 19.8 Å². The van der Waals surface area contributed by atoms with Crippen LogP contribution < -0.4 is 0 Å². The standard InChI is InChI=1S/C16H28O7/c1-6-7-8-22-23-13(16(4,5)12(2)3)11-14(17)20-9-10-21-15(18)19/h11-12H,6-10H2,1-5H3,(H,18,19). The van der Waals surface area contributed by atoms with E-state index in [1.165, 1.54) is 6.08 Å². The Morgan fingerprint density at radius 3 is 2.26 bits per heavy atom. The maximum atomic E-state index is 11.8. The molecule has 0 amide bonds. The third-order valence-electron chi connectivity index (χ3n) is 3.61. The molecule has 0 rings (SSSR count). The molecule has 7 heteroatoms. The molecule has 1 N–H and O–H groups in total. The number of carboxylic acid groups (broad SMARTS) is 1. The summed E-state index contributed by atoms with van der Waals surface area (Å²) in [5.41, 5.74) is -0.428. The average molecular weight is 332 g/mol. The molecule has 0 spiro atoms. The van der Waals surface area contributed by atoms with Crippen molar-refractivity contribution in [3.8, 4) is 0 Å². The first-order valence-electron chi connectivity index (χ1n) is 7.75. The summed E-state index contributed by atoms with van der Waals surface area (Å²) in [5.74, 6) is -0.0683. The number of unbranched alkanes of at least 4 members (excludes halogenated alkanes) is 1. The van der Waals surface area contributed by atoms with Crippen molar-refractivity contribution in [3.05, 3.63) is 11.8 Å². The van der Waals surface area contributed by atoms with E-state index in [1.54, 1.807) is 0 Å². The number of carbonyl (C=O) groups excluding carboxylic acids is 1. The van der Waals surface area contributed by atoms with Crippen molar-refractivity contribution in [2.24, 2.45) is 11.3 Å². The van der Waals surface area contributed by atoms with Crippen LogP contribution in [0.4, 0.5) is 4.79 Å². The van der Waals surface area contributed by atoms with Gasteiger partial charge in [0.25, 0.3) is 0 Å². The van der Waals surface area contributed by atoms with Crippen LogP contribution >= 0.6 is 0 Å². The molecule has 0 unspecified atom stereocenters. The van der Waals surface area contributed by atoms with Gasteiger partial charge in [-0.25, -0.2) is 9.59 Å². The number of rotatable bonds is 11. The quantitative estimate of drug-likeness (QED) is 0.154. The third kappa shape index (κ3) is 9.07. The van der Waals surface area contributed by atoms with Crippen LogP contribution in [0.5, 0.6) is 0 Å². The third-order valence-corrected chi connectivity index (χ3v) is 3.61. The summed E-state index contributed by atoms with van der Waals surface area (Å²) in [4.78, 5) is 32.5. The smallest absolute Gasteiger partial charge is 0.459 e. The molecule has 0 radical (unpaired) electrons. The molecule has 0 aromatic heterocycles. The molecule has 0 saturated carbocycles. The maximum Gasteiger partial charge on any atom is 0.505 e. The molecule has 23 heavy (non-hydrogen) atoms. The van der Waals surface area contributed by atoms with Crippen molar-refractivity contribution >= 4 is 12.1 Å². The number of esters is 1. The monoisotopic (exact) mass is 332 g/mol. The molecular weight excluding hydrogens is 304 g/mol. The Hall–Kier alpha value is -1.76. The van der Waals surface area contributed by atoms with Crippen LogP contribution in [0.25, 0.3) is 0 Å². The van der Waals surface area contributed by atoms with E-state index in [-0.39, 0.29) is 19.1 Å². The Labute approximate surface area is 137 Å². The zero-order valence-corrected chi connectivity index (χ0v) is 14.6. The minimum absolute atomic E-state index is 0.159. The van der Waals surface area contributed by atoms with E-state index in [9.17, 15) is 9.59 Å². The van der Waals surface area contributed by atoms with E-state index < -0.39 is 17.5 Å². The molecule has 0 aliphatic rings. The van der Waals surface area contributed by atoms with Gasteiger partial charge >= 0.3 is 12.1 Å². The van der Waals surface area contributed by atoms with E-state index in [4.69, 9.17) is 19.6 Å². The molecule has 7 nitrogen and oxygen atoms in total. The number of hydrogen-bond acceptors (Lipinski definition) is 6. The molecule has 0 aromatic carbocycles. The summed E-state index contributed by atoms with van der Waals surface area (Å²) >= 11 is 0. The first-order chi connectivity index (χ1) is 10.7. The Bertz CT molecular complexity index is 399. The normalized spacial score (nSPS) is 12.2. The number of ether oxygens (including phenoxy) is 2. The van der Waals surface area contributed by atoms with Crippen LogP contribution in [-0.2, 0) is 24.0 Å². The summed E-state index contributed by atoms with van der Waals surface area (Å²) in [6, 6.07) is 0. The van der Waals surface area contributed by atoms with Gasteiger partial charge < -0.3 is 19.5 Å². The first-order valence-corrected chi connectivity index (χ1v) is 7.75. The lowest BCUT2D eigenvalue weighted by atomic mass is 9.79. The van der Waals surface area contributed by atoms with Crippen LogP contribution in [0.1, 0.15) is 47.5 Å². The lowest BCUT2D eigenvalue weighted by Gasteiger charge is -2.30. The van der Waals surface area contributed by atoms with Crippen LogP contribution in [0, 0.1) is 11.3 Å². The van der Waals surface area contributed by atoms with Gasteiger partial charge in [0.1, 0.15) is 13.2 Å². The number of hydrogen-bond donors (Lipinski definition) is 1. The summed E-state index contributed by atoms with van der Waals surface area (Å²) < 4.78 is 9.14. The zero-order valence-electron chi connectivity index (χ0n) is 14.6. The van der Waals surface area contributed by atoms with Crippen LogP contribution in [0.3, 0.4) is 0 Å². The van der Waals surface area contributed by atoms with E-state index in [0.717, 1.165) is 12.8 Å². The average Bonchev–Trinajstić information content (AvgIpc) is 2.46. The molecule has 0 fully saturated rings. The van der Waals surface area contributed by atoms with E-state index in [1.807, 2.05) is 34.6 Å². The lowest BCUT2D eigenvalue weighted by molar-refractivity contribution is -0.275. The summed E-state index contributed by atoms with van der Waals surface area (Å²) in [6.07, 6.45) is 1.65. The zero-order chi connectivity index (χ0) is 17.9. The van der Waals surface area contributed by atoms with Gasteiger partial charge in [0.05, 0.1) is 12.7 Å². The minimum Gasteiger partial charge on any atom is -0.459 e. The van der Waals surface area contributed by atoms with Crippen molar-refractivity contribution < 1.29 is 33.9 Å². The largest absolute Gasteiger partial charge is 0.505 e. The minimum atomic E-state index is -1.41. The summed E-state index contributed by atoms with van der Waals surface area (Å²) in [7, 11) is 0. The van der Waals surface area contributed by atoms with Gasteiger partial charge in [0, 0.05) is 5.41 Å². The van der Waals surface area contributed by atoms with Gasteiger partial charge in [0.2, 0.25) is 0 Å². The fourth-order valence-electron chi connectivity index (χ4n) is 1.33. The topological polar surface area (TPSA) is 91.3 Å². The predicted octanol–water partition coefficient (Wildman–Crippen LogP) is 3.54.